The van der Waals surface area contributed by atoms with Crippen molar-refractivity contribution in [2.45, 2.75) is 19.3 Å². The van der Waals surface area contributed by atoms with Crippen LogP contribution in [0.4, 0.5) is 4.79 Å². The Morgan fingerprint density at radius 3 is 2.50 bits per heavy atom. The molecule has 18 heavy (non-hydrogen) atoms. The first-order valence-corrected chi connectivity index (χ1v) is 6.18. The molecule has 1 heterocycles. The molecule has 1 aromatic carbocycles. The lowest BCUT2D eigenvalue weighted by atomic mass is 9.98. The number of rotatable bonds is 3. The molecule has 0 aliphatic carbocycles. The summed E-state index contributed by atoms with van der Waals surface area (Å²) in [6, 6.07) is 10.2. The second kappa shape index (κ2) is 6.05. The van der Waals surface area contributed by atoms with E-state index in [9.17, 15) is 4.79 Å². The van der Waals surface area contributed by atoms with Gasteiger partial charge in [-0.05, 0) is 12.0 Å². The average molecular weight is 243 g/mol. The van der Waals surface area contributed by atoms with Crippen molar-refractivity contribution in [1.29, 1.82) is 0 Å². The number of amides is 1. The molecule has 1 amide bonds. The van der Waals surface area contributed by atoms with Gasteiger partial charge in [0.25, 0.3) is 0 Å². The number of carbonyl (C=O) groups is 1. The third-order valence-corrected chi connectivity index (χ3v) is 2.73. The zero-order valence-electron chi connectivity index (χ0n) is 10.5. The van der Waals surface area contributed by atoms with E-state index in [-0.39, 0.29) is 12.0 Å². The topological polar surface area (TPSA) is 29.5 Å². The maximum atomic E-state index is 11.6. The maximum Gasteiger partial charge on any atom is 0.417 e. The van der Waals surface area contributed by atoms with Gasteiger partial charge >= 0.3 is 6.09 Å². The fourth-order valence-corrected chi connectivity index (χ4v) is 1.77. The summed E-state index contributed by atoms with van der Waals surface area (Å²) in [5.41, 5.74) is 1.21. The van der Waals surface area contributed by atoms with Crippen LogP contribution >= 0.6 is 0 Å². The van der Waals surface area contributed by atoms with Crippen LogP contribution in [0.1, 0.15) is 24.8 Å². The van der Waals surface area contributed by atoms with Crippen LogP contribution in [0.3, 0.4) is 0 Å². The van der Waals surface area contributed by atoms with E-state index in [1.54, 1.807) is 12.4 Å². The molecule has 3 nitrogen and oxygen atoms in total. The largest absolute Gasteiger partial charge is 0.449 e. The van der Waals surface area contributed by atoms with Crippen LogP contribution in [0, 0.1) is 0 Å². The Morgan fingerprint density at radius 1 is 1.22 bits per heavy atom. The molecule has 1 aliphatic rings. The zero-order chi connectivity index (χ0) is 12.8. The minimum atomic E-state index is -0.323. The molecule has 0 saturated carbocycles. The molecule has 3 heteroatoms. The molecule has 0 saturated heterocycles. The summed E-state index contributed by atoms with van der Waals surface area (Å²) < 4.78 is 5.06. The highest BCUT2D eigenvalue weighted by Gasteiger charge is 2.14. The van der Waals surface area contributed by atoms with Gasteiger partial charge in [0.1, 0.15) is 0 Å². The molecule has 0 unspecified atom stereocenters. The van der Waals surface area contributed by atoms with Gasteiger partial charge in [0, 0.05) is 18.3 Å². The number of ether oxygens (including phenoxy) is 1. The third kappa shape index (κ3) is 3.00. The molecular formula is C15H17NO2. The van der Waals surface area contributed by atoms with Gasteiger partial charge in [-0.3, -0.25) is 4.90 Å². The summed E-state index contributed by atoms with van der Waals surface area (Å²) in [6.45, 7) is 2.43. The molecule has 0 fully saturated rings. The average Bonchev–Trinajstić information content (AvgIpc) is 2.46. The van der Waals surface area contributed by atoms with Crippen LogP contribution in [-0.4, -0.2) is 17.6 Å². The fourth-order valence-electron chi connectivity index (χ4n) is 1.77. The number of hydrogen-bond acceptors (Lipinski definition) is 2. The highest BCUT2D eigenvalue weighted by Crippen LogP contribution is 2.22. The van der Waals surface area contributed by atoms with E-state index in [2.05, 4.69) is 12.1 Å². The van der Waals surface area contributed by atoms with Gasteiger partial charge in [-0.15, -0.1) is 0 Å². The van der Waals surface area contributed by atoms with Gasteiger partial charge in [0.15, 0.2) is 0 Å². The van der Waals surface area contributed by atoms with Crippen LogP contribution in [0.25, 0.3) is 0 Å². The molecule has 0 radical (unpaired) electrons. The second-order valence-electron chi connectivity index (χ2n) is 4.14. The molecule has 0 aromatic heterocycles. The monoisotopic (exact) mass is 243 g/mol. The Bertz CT molecular complexity index is 437. The van der Waals surface area contributed by atoms with Crippen molar-refractivity contribution in [3.8, 4) is 0 Å². The SMILES string of the molecule is CCCOC(=O)N1C=CC(c2ccccc2)C=C1. The van der Waals surface area contributed by atoms with Gasteiger partial charge in [0.05, 0.1) is 6.61 Å². The van der Waals surface area contributed by atoms with Gasteiger partial charge in [-0.2, -0.15) is 0 Å². The lowest BCUT2D eigenvalue weighted by Gasteiger charge is -2.19. The molecule has 94 valence electrons. The lowest BCUT2D eigenvalue weighted by Crippen LogP contribution is -2.23. The van der Waals surface area contributed by atoms with Gasteiger partial charge in [-0.1, -0.05) is 49.4 Å². The van der Waals surface area contributed by atoms with E-state index in [1.165, 1.54) is 10.5 Å². The summed E-state index contributed by atoms with van der Waals surface area (Å²) >= 11 is 0. The molecule has 0 bridgehead atoms. The minimum Gasteiger partial charge on any atom is -0.449 e. The smallest absolute Gasteiger partial charge is 0.417 e. The number of carbonyl (C=O) groups excluding carboxylic acids is 1. The number of allylic oxidation sites excluding steroid dienone is 2. The third-order valence-electron chi connectivity index (χ3n) is 2.73. The Labute approximate surface area is 107 Å². The fraction of sp³-hybridized carbons (Fsp3) is 0.267. The van der Waals surface area contributed by atoms with Crippen LogP contribution in [0.5, 0.6) is 0 Å². The molecule has 0 atom stereocenters. The first kappa shape index (κ1) is 12.4. The van der Waals surface area contributed by atoms with Crippen molar-refractivity contribution in [2.75, 3.05) is 6.61 Å². The van der Waals surface area contributed by atoms with Crippen molar-refractivity contribution in [1.82, 2.24) is 4.90 Å². The normalized spacial score (nSPS) is 14.8. The molecule has 2 rings (SSSR count). The van der Waals surface area contributed by atoms with E-state index >= 15 is 0 Å². The van der Waals surface area contributed by atoms with E-state index in [0.29, 0.717) is 6.61 Å². The van der Waals surface area contributed by atoms with Crippen LogP contribution < -0.4 is 0 Å². The maximum absolute atomic E-state index is 11.6. The minimum absolute atomic E-state index is 0.224. The quantitative estimate of drug-likeness (QED) is 0.810. The van der Waals surface area contributed by atoms with Crippen LogP contribution in [-0.2, 0) is 4.74 Å². The summed E-state index contributed by atoms with van der Waals surface area (Å²) in [5, 5.41) is 0. The standard InChI is InChI=1S/C15H17NO2/c1-2-12-18-15(17)16-10-8-14(9-11-16)13-6-4-3-5-7-13/h3-11,14H,2,12H2,1H3. The molecule has 0 spiro atoms. The predicted molar refractivity (Wildman–Crippen MR) is 70.9 cm³/mol. The van der Waals surface area contributed by atoms with E-state index in [1.807, 2.05) is 37.3 Å². The summed E-state index contributed by atoms with van der Waals surface area (Å²) in [7, 11) is 0. The van der Waals surface area contributed by atoms with Crippen molar-refractivity contribution in [3.05, 3.63) is 60.4 Å². The van der Waals surface area contributed by atoms with E-state index in [0.717, 1.165) is 6.42 Å². The summed E-state index contributed by atoms with van der Waals surface area (Å²) in [6.07, 6.45) is 8.01. The zero-order valence-corrected chi connectivity index (χ0v) is 10.5. The van der Waals surface area contributed by atoms with Gasteiger partial charge in [0.2, 0.25) is 0 Å². The van der Waals surface area contributed by atoms with Crippen LogP contribution in [0.2, 0.25) is 0 Å². The highest BCUT2D eigenvalue weighted by atomic mass is 16.6. The van der Waals surface area contributed by atoms with Gasteiger partial charge < -0.3 is 4.74 Å². The van der Waals surface area contributed by atoms with Crippen molar-refractivity contribution >= 4 is 6.09 Å². The Kier molecular flexibility index (Phi) is 4.18. The highest BCUT2D eigenvalue weighted by molar-refractivity contribution is 5.70. The predicted octanol–water partition coefficient (Wildman–Crippen LogP) is 3.66. The van der Waals surface area contributed by atoms with Crippen LogP contribution in [0.15, 0.2) is 54.9 Å². The molecule has 1 aliphatic heterocycles. The molecular weight excluding hydrogens is 226 g/mol. The van der Waals surface area contributed by atoms with Gasteiger partial charge in [-0.25, -0.2) is 4.79 Å². The second-order valence-corrected chi connectivity index (χ2v) is 4.14. The van der Waals surface area contributed by atoms with E-state index in [4.69, 9.17) is 4.74 Å². The van der Waals surface area contributed by atoms with Crippen molar-refractivity contribution < 1.29 is 9.53 Å². The molecule has 1 aromatic rings. The first-order valence-electron chi connectivity index (χ1n) is 6.18. The summed E-state index contributed by atoms with van der Waals surface area (Å²) in [4.78, 5) is 13.1. The Morgan fingerprint density at radius 2 is 1.89 bits per heavy atom. The number of nitrogens with zero attached hydrogens (tertiary/aromatic N) is 1. The Hall–Kier alpha value is -2.03. The summed E-state index contributed by atoms with van der Waals surface area (Å²) in [5.74, 6) is 0.224. The lowest BCUT2D eigenvalue weighted by molar-refractivity contribution is 0.127. The molecule has 0 N–H and O–H groups in total. The number of hydrogen-bond donors (Lipinski definition) is 0. The van der Waals surface area contributed by atoms with Crippen molar-refractivity contribution in [3.63, 3.8) is 0 Å². The first-order chi connectivity index (χ1) is 8.81. The Balaban J connectivity index is 1.97. The van der Waals surface area contributed by atoms with E-state index < -0.39 is 0 Å². The van der Waals surface area contributed by atoms with Crippen molar-refractivity contribution in [2.24, 2.45) is 0 Å². The number of benzene rings is 1.